The molecule has 130 valence electrons. The molecule has 0 fully saturated rings. The van der Waals surface area contributed by atoms with E-state index < -0.39 is 0 Å². The van der Waals surface area contributed by atoms with E-state index in [1.807, 2.05) is 11.3 Å². The molecule has 0 aliphatic rings. The van der Waals surface area contributed by atoms with E-state index in [4.69, 9.17) is 0 Å². The Morgan fingerprint density at radius 1 is 0.481 bits per heavy atom. The largest absolute Gasteiger partial charge is 0.133 e. The number of rotatable bonds is 2. The van der Waals surface area contributed by atoms with E-state index in [-0.39, 0.29) is 0 Å². The molecule has 0 unspecified atom stereocenters. The lowest BCUT2D eigenvalue weighted by molar-refractivity contribution is 1.64. The topological polar surface area (TPSA) is 0 Å². The van der Waals surface area contributed by atoms with Crippen molar-refractivity contribution in [2.24, 2.45) is 0 Å². The molecule has 0 aliphatic carbocycles. The summed E-state index contributed by atoms with van der Waals surface area (Å²) in [4.78, 5) is 0. The lowest BCUT2D eigenvalue weighted by Gasteiger charge is -2.06. The third kappa shape index (κ3) is 3.19. The first-order valence-electron chi connectivity index (χ1n) is 8.67. The van der Waals surface area contributed by atoms with Gasteiger partial charge in [-0.05, 0) is 91.7 Å². The molecule has 5 aromatic rings. The van der Waals surface area contributed by atoms with Gasteiger partial charge < -0.3 is 0 Å². The van der Waals surface area contributed by atoms with E-state index >= 15 is 0 Å². The number of benzene rings is 4. The predicted octanol–water partition coefficient (Wildman–Crippen LogP) is 8.60. The van der Waals surface area contributed by atoms with Gasteiger partial charge in [-0.25, -0.2) is 0 Å². The van der Waals surface area contributed by atoms with Crippen LogP contribution < -0.4 is 0 Å². The Morgan fingerprint density at radius 3 is 1.30 bits per heavy atom. The highest BCUT2D eigenvalue weighted by Gasteiger charge is 2.14. The smallest absolute Gasteiger partial charge is 0.0489 e. The van der Waals surface area contributed by atoms with Crippen molar-refractivity contribution in [2.45, 2.75) is 0 Å². The van der Waals surface area contributed by atoms with E-state index in [0.29, 0.717) is 0 Å². The molecule has 27 heavy (non-hydrogen) atoms. The molecule has 0 saturated carbocycles. The van der Waals surface area contributed by atoms with E-state index in [0.717, 1.165) is 0 Å². The zero-order valence-corrected chi connectivity index (χ0v) is 19.4. The van der Waals surface area contributed by atoms with Crippen LogP contribution in [-0.4, -0.2) is 0 Å². The zero-order valence-electron chi connectivity index (χ0n) is 14.2. The minimum Gasteiger partial charge on any atom is -0.133 e. The molecule has 0 atom stereocenters. The van der Waals surface area contributed by atoms with E-state index in [2.05, 4.69) is 130 Å². The molecule has 0 spiro atoms. The second-order valence-electron chi connectivity index (χ2n) is 6.50. The molecule has 0 bridgehead atoms. The summed E-state index contributed by atoms with van der Waals surface area (Å²) in [6, 6.07) is 30.6. The number of fused-ring (bicyclic) bond motifs is 3. The van der Waals surface area contributed by atoms with Gasteiger partial charge in [-0.2, -0.15) is 0 Å². The molecular weight excluding hydrogens is 574 g/mol. The summed E-state index contributed by atoms with van der Waals surface area (Å²) in [7, 11) is 0. The maximum Gasteiger partial charge on any atom is 0.0489 e. The summed E-state index contributed by atoms with van der Waals surface area (Å²) < 4.78 is 5.41. The van der Waals surface area contributed by atoms with Crippen molar-refractivity contribution in [3.8, 4) is 22.3 Å². The molecule has 1 heterocycles. The van der Waals surface area contributed by atoms with Crippen molar-refractivity contribution in [3.05, 3.63) is 92.1 Å². The normalized spacial score (nSPS) is 11.3. The van der Waals surface area contributed by atoms with Gasteiger partial charge in [0.2, 0.25) is 0 Å². The van der Waals surface area contributed by atoms with E-state index in [1.165, 1.54) is 49.6 Å². The monoisotopic (exact) mass is 588 g/mol. The van der Waals surface area contributed by atoms with Gasteiger partial charge in [0.1, 0.15) is 0 Å². The molecule has 1 aromatic heterocycles. The van der Waals surface area contributed by atoms with Crippen LogP contribution in [0.2, 0.25) is 0 Å². The fraction of sp³-hybridized carbons (Fsp3) is 0. The number of hydrogen-bond acceptors (Lipinski definition) is 1. The van der Waals surface area contributed by atoms with Crippen LogP contribution in [0.3, 0.4) is 0 Å². The predicted molar refractivity (Wildman–Crippen MR) is 136 cm³/mol. The first-order chi connectivity index (χ1) is 13.2. The minimum absolute atomic E-state index is 1.27. The summed E-state index contributed by atoms with van der Waals surface area (Å²) in [6.07, 6.45) is 0. The average molecular weight is 588 g/mol. The van der Waals surface area contributed by atoms with Gasteiger partial charge in [-0.15, -0.1) is 11.3 Å². The van der Waals surface area contributed by atoms with E-state index in [9.17, 15) is 0 Å². The second kappa shape index (κ2) is 7.18. The lowest BCUT2D eigenvalue weighted by Crippen LogP contribution is -1.82. The van der Waals surface area contributed by atoms with Crippen LogP contribution in [0.1, 0.15) is 0 Å². The van der Waals surface area contributed by atoms with Gasteiger partial charge in [-0.3, -0.25) is 0 Å². The van der Waals surface area contributed by atoms with Gasteiger partial charge >= 0.3 is 0 Å². The van der Waals surface area contributed by atoms with E-state index in [1.54, 1.807) is 0 Å². The minimum atomic E-state index is 1.27. The Morgan fingerprint density at radius 2 is 0.889 bits per heavy atom. The summed E-state index contributed by atoms with van der Waals surface area (Å²) in [6.45, 7) is 0. The SMILES string of the molecule is Ic1cc(-c2ccccc2)cc2c1sc1c(I)cc(-c3ccccc3)cc12. The molecule has 0 aliphatic heterocycles. The highest BCUT2D eigenvalue weighted by Crippen LogP contribution is 2.42. The highest BCUT2D eigenvalue weighted by atomic mass is 127. The zero-order chi connectivity index (χ0) is 18.4. The maximum absolute atomic E-state index is 2.49. The first kappa shape index (κ1) is 17.6. The fourth-order valence-corrected chi connectivity index (χ4v) is 6.48. The van der Waals surface area contributed by atoms with Gasteiger partial charge in [0.05, 0.1) is 0 Å². The van der Waals surface area contributed by atoms with Crippen molar-refractivity contribution in [2.75, 3.05) is 0 Å². The maximum atomic E-state index is 2.49. The van der Waals surface area contributed by atoms with Crippen molar-refractivity contribution in [1.82, 2.24) is 0 Å². The molecule has 0 amide bonds. The van der Waals surface area contributed by atoms with Crippen LogP contribution in [0.25, 0.3) is 42.4 Å². The third-order valence-electron chi connectivity index (χ3n) is 4.80. The Labute approximate surface area is 189 Å². The Balaban J connectivity index is 1.82. The van der Waals surface area contributed by atoms with Gasteiger partial charge in [0.25, 0.3) is 0 Å². The second-order valence-corrected chi connectivity index (χ2v) is 9.85. The van der Waals surface area contributed by atoms with Crippen molar-refractivity contribution in [1.29, 1.82) is 0 Å². The Kier molecular flexibility index (Phi) is 4.70. The average Bonchev–Trinajstić information content (AvgIpc) is 3.09. The summed E-state index contributed by atoms with van der Waals surface area (Å²) in [5.41, 5.74) is 5.11. The quantitative estimate of drug-likeness (QED) is 0.181. The first-order valence-corrected chi connectivity index (χ1v) is 11.6. The van der Waals surface area contributed by atoms with Crippen LogP contribution in [0.4, 0.5) is 0 Å². The Hall–Kier alpha value is -1.44. The molecule has 0 saturated heterocycles. The molecule has 5 rings (SSSR count). The van der Waals surface area contributed by atoms with Crippen LogP contribution >= 0.6 is 56.5 Å². The van der Waals surface area contributed by atoms with Gasteiger partial charge in [0, 0.05) is 27.3 Å². The molecule has 3 heteroatoms. The van der Waals surface area contributed by atoms with Crippen LogP contribution in [0, 0.1) is 7.14 Å². The van der Waals surface area contributed by atoms with Crippen molar-refractivity contribution in [3.63, 3.8) is 0 Å². The molecular formula is C24H14I2S. The summed E-state index contributed by atoms with van der Waals surface area (Å²) >= 11 is 6.88. The van der Waals surface area contributed by atoms with Crippen molar-refractivity contribution >= 4 is 76.7 Å². The van der Waals surface area contributed by atoms with Crippen LogP contribution in [-0.2, 0) is 0 Å². The standard InChI is InChI=1S/C24H14I2S/c25-21-13-17(15-7-3-1-4-8-15)11-19-20-12-18(16-9-5-2-6-10-16)14-22(26)24(20)27-23(19)21/h1-14H. The molecule has 4 aromatic carbocycles. The van der Waals surface area contributed by atoms with Gasteiger partial charge in [0.15, 0.2) is 0 Å². The third-order valence-corrected chi connectivity index (χ3v) is 8.52. The molecule has 0 nitrogen and oxygen atoms in total. The Bertz CT molecular complexity index is 1170. The number of hydrogen-bond donors (Lipinski definition) is 0. The fourth-order valence-electron chi connectivity index (χ4n) is 3.49. The van der Waals surface area contributed by atoms with Crippen molar-refractivity contribution < 1.29 is 0 Å². The van der Waals surface area contributed by atoms with Crippen LogP contribution in [0.5, 0.6) is 0 Å². The van der Waals surface area contributed by atoms with Crippen LogP contribution in [0.15, 0.2) is 84.9 Å². The van der Waals surface area contributed by atoms with Gasteiger partial charge in [-0.1, -0.05) is 60.7 Å². The molecule has 0 N–H and O–H groups in total. The summed E-state index contributed by atoms with van der Waals surface area (Å²) in [5, 5.41) is 2.72. The summed E-state index contributed by atoms with van der Waals surface area (Å²) in [5.74, 6) is 0. The number of halogens is 2. The lowest BCUT2D eigenvalue weighted by atomic mass is 10.0. The highest BCUT2D eigenvalue weighted by molar-refractivity contribution is 14.1. The molecule has 0 radical (unpaired) electrons. The number of thiophene rings is 1.